The van der Waals surface area contributed by atoms with E-state index in [9.17, 15) is 4.79 Å². The van der Waals surface area contributed by atoms with E-state index < -0.39 is 5.91 Å². The van der Waals surface area contributed by atoms with Crippen LogP contribution in [0.1, 0.15) is 18.9 Å². The summed E-state index contributed by atoms with van der Waals surface area (Å²) < 4.78 is 6.75. The molecule has 0 aliphatic rings. The van der Waals surface area contributed by atoms with E-state index >= 15 is 0 Å². The SMILES string of the molecule is CCCOc1ccc(/C=C(/C#N)C(=O)Nn2cnnc2)cc1. The summed E-state index contributed by atoms with van der Waals surface area (Å²) in [7, 11) is 0. The molecule has 2 rings (SSSR count). The van der Waals surface area contributed by atoms with Gasteiger partial charge in [-0.1, -0.05) is 19.1 Å². The number of hydrogen-bond donors (Lipinski definition) is 1. The number of aromatic nitrogens is 3. The van der Waals surface area contributed by atoms with Gasteiger partial charge in [0, 0.05) is 0 Å². The Bertz CT molecular complexity index is 684. The molecule has 0 radical (unpaired) electrons. The molecule has 7 nitrogen and oxygen atoms in total. The predicted molar refractivity (Wildman–Crippen MR) is 80.2 cm³/mol. The first-order valence-electron chi connectivity index (χ1n) is 6.73. The first-order chi connectivity index (χ1) is 10.7. The van der Waals surface area contributed by atoms with Gasteiger partial charge in [0.2, 0.25) is 0 Å². The molecular formula is C15H15N5O2. The third-order valence-electron chi connectivity index (χ3n) is 2.68. The van der Waals surface area contributed by atoms with Gasteiger partial charge in [0.1, 0.15) is 30.0 Å². The average molecular weight is 297 g/mol. The van der Waals surface area contributed by atoms with Crippen LogP contribution in [0.2, 0.25) is 0 Å². The van der Waals surface area contributed by atoms with E-state index in [1.165, 1.54) is 23.4 Å². The highest BCUT2D eigenvalue weighted by Gasteiger charge is 2.09. The lowest BCUT2D eigenvalue weighted by Gasteiger charge is -2.05. The molecule has 0 unspecified atom stereocenters. The van der Waals surface area contributed by atoms with Gasteiger partial charge in [-0.25, -0.2) is 4.68 Å². The molecule has 0 saturated carbocycles. The molecule has 0 fully saturated rings. The van der Waals surface area contributed by atoms with Gasteiger partial charge in [0.25, 0.3) is 5.91 Å². The monoisotopic (exact) mass is 297 g/mol. The average Bonchev–Trinajstić information content (AvgIpc) is 3.04. The maximum atomic E-state index is 12.0. The Kier molecular flexibility index (Phi) is 5.26. The number of rotatable bonds is 6. The molecule has 0 aliphatic carbocycles. The first kappa shape index (κ1) is 15.3. The summed E-state index contributed by atoms with van der Waals surface area (Å²) in [5, 5.41) is 16.2. The fourth-order valence-corrected chi connectivity index (χ4v) is 1.63. The van der Waals surface area contributed by atoms with E-state index in [-0.39, 0.29) is 5.57 Å². The highest BCUT2D eigenvalue weighted by molar-refractivity contribution is 6.06. The zero-order valence-electron chi connectivity index (χ0n) is 12.1. The largest absolute Gasteiger partial charge is 0.494 e. The number of ether oxygens (including phenoxy) is 1. The van der Waals surface area contributed by atoms with Crippen molar-refractivity contribution >= 4 is 12.0 Å². The topological polar surface area (TPSA) is 92.8 Å². The Labute approximate surface area is 127 Å². The summed E-state index contributed by atoms with van der Waals surface area (Å²) in [4.78, 5) is 12.0. The second-order valence-corrected chi connectivity index (χ2v) is 4.40. The van der Waals surface area contributed by atoms with Crippen LogP contribution < -0.4 is 10.2 Å². The zero-order valence-corrected chi connectivity index (χ0v) is 12.1. The van der Waals surface area contributed by atoms with Crippen LogP contribution >= 0.6 is 0 Å². The molecule has 0 bridgehead atoms. The molecule has 1 aromatic carbocycles. The van der Waals surface area contributed by atoms with Gasteiger partial charge in [0.05, 0.1) is 6.61 Å². The van der Waals surface area contributed by atoms with Gasteiger partial charge < -0.3 is 4.74 Å². The van der Waals surface area contributed by atoms with Gasteiger partial charge in [-0.3, -0.25) is 10.2 Å². The van der Waals surface area contributed by atoms with Crippen LogP contribution in [0.25, 0.3) is 6.08 Å². The van der Waals surface area contributed by atoms with Crippen molar-refractivity contribution in [2.24, 2.45) is 0 Å². The maximum Gasteiger partial charge on any atom is 0.280 e. The molecule has 1 amide bonds. The van der Waals surface area contributed by atoms with Crippen LogP contribution in [0.15, 0.2) is 42.5 Å². The number of benzene rings is 1. The van der Waals surface area contributed by atoms with Crippen molar-refractivity contribution in [3.05, 3.63) is 48.1 Å². The smallest absolute Gasteiger partial charge is 0.280 e. The molecule has 0 aliphatic heterocycles. The van der Waals surface area contributed by atoms with Gasteiger partial charge >= 0.3 is 0 Å². The number of nitrogens with one attached hydrogen (secondary N) is 1. The summed E-state index contributed by atoms with van der Waals surface area (Å²) in [5.74, 6) is 0.222. The Hall–Kier alpha value is -3.14. The van der Waals surface area contributed by atoms with Gasteiger partial charge in [0.15, 0.2) is 0 Å². The number of nitrogens with zero attached hydrogens (tertiary/aromatic N) is 4. The lowest BCUT2D eigenvalue weighted by Crippen LogP contribution is -2.22. The van der Waals surface area contributed by atoms with Gasteiger partial charge in [-0.2, -0.15) is 5.26 Å². The third-order valence-corrected chi connectivity index (χ3v) is 2.68. The lowest BCUT2D eigenvalue weighted by molar-refractivity contribution is -0.113. The van der Waals surface area contributed by atoms with Crippen molar-refractivity contribution in [3.63, 3.8) is 0 Å². The fourth-order valence-electron chi connectivity index (χ4n) is 1.63. The van der Waals surface area contributed by atoms with E-state index in [0.717, 1.165) is 17.7 Å². The molecule has 112 valence electrons. The molecule has 0 spiro atoms. The van der Waals surface area contributed by atoms with Gasteiger partial charge in [-0.05, 0) is 30.2 Å². The van der Waals surface area contributed by atoms with E-state index in [0.29, 0.717) is 6.61 Å². The van der Waals surface area contributed by atoms with Crippen molar-refractivity contribution in [1.82, 2.24) is 14.9 Å². The second kappa shape index (κ2) is 7.59. The van der Waals surface area contributed by atoms with Crippen LogP contribution in [0.4, 0.5) is 0 Å². The van der Waals surface area contributed by atoms with Crippen LogP contribution in [0.5, 0.6) is 5.75 Å². The van der Waals surface area contributed by atoms with Crippen LogP contribution in [0, 0.1) is 11.3 Å². The minimum atomic E-state index is -0.534. The van der Waals surface area contributed by atoms with Crippen molar-refractivity contribution in [2.75, 3.05) is 12.0 Å². The third kappa shape index (κ3) is 4.18. The number of amides is 1. The minimum absolute atomic E-state index is 0.0177. The molecule has 2 aromatic rings. The quantitative estimate of drug-likeness (QED) is 0.647. The number of carbonyl (C=O) groups is 1. The first-order valence-corrected chi connectivity index (χ1v) is 6.73. The summed E-state index contributed by atoms with van der Waals surface area (Å²) in [6.07, 6.45) is 5.09. The molecule has 22 heavy (non-hydrogen) atoms. The van der Waals surface area contributed by atoms with Crippen molar-refractivity contribution in [1.29, 1.82) is 5.26 Å². The molecule has 0 saturated heterocycles. The standard InChI is InChI=1S/C15H15N5O2/c1-2-7-22-14-5-3-12(4-6-14)8-13(9-16)15(21)19-20-10-17-18-11-20/h3-6,8,10-11H,2,7H2,1H3,(H,19,21)/b13-8-. The Morgan fingerprint density at radius 3 is 2.64 bits per heavy atom. The Balaban J connectivity index is 2.08. The number of nitriles is 1. The summed E-state index contributed by atoms with van der Waals surface area (Å²) in [5.41, 5.74) is 3.19. The summed E-state index contributed by atoms with van der Waals surface area (Å²) in [6, 6.07) is 9.05. The van der Waals surface area contributed by atoms with E-state index in [1.54, 1.807) is 24.3 Å². The maximum absolute atomic E-state index is 12.0. The van der Waals surface area contributed by atoms with Crippen LogP contribution in [-0.4, -0.2) is 27.4 Å². The fraction of sp³-hybridized carbons (Fsp3) is 0.200. The molecule has 1 aromatic heterocycles. The zero-order chi connectivity index (χ0) is 15.8. The van der Waals surface area contributed by atoms with Crippen molar-refractivity contribution < 1.29 is 9.53 Å². The van der Waals surface area contributed by atoms with Crippen LogP contribution in [-0.2, 0) is 4.79 Å². The van der Waals surface area contributed by atoms with Crippen LogP contribution in [0.3, 0.4) is 0 Å². The molecule has 1 heterocycles. The van der Waals surface area contributed by atoms with E-state index in [4.69, 9.17) is 10.00 Å². The highest BCUT2D eigenvalue weighted by Crippen LogP contribution is 2.15. The Morgan fingerprint density at radius 1 is 1.36 bits per heavy atom. The molecule has 0 atom stereocenters. The number of hydrogen-bond acceptors (Lipinski definition) is 5. The minimum Gasteiger partial charge on any atom is -0.494 e. The van der Waals surface area contributed by atoms with Crippen molar-refractivity contribution in [2.45, 2.75) is 13.3 Å². The second-order valence-electron chi connectivity index (χ2n) is 4.40. The van der Waals surface area contributed by atoms with E-state index in [2.05, 4.69) is 15.6 Å². The Morgan fingerprint density at radius 2 is 2.05 bits per heavy atom. The molecule has 1 N–H and O–H groups in total. The lowest BCUT2D eigenvalue weighted by atomic mass is 10.1. The molecule has 7 heteroatoms. The van der Waals surface area contributed by atoms with Crippen molar-refractivity contribution in [3.8, 4) is 11.8 Å². The molecular weight excluding hydrogens is 282 g/mol. The summed E-state index contributed by atoms with van der Waals surface area (Å²) in [6.45, 7) is 2.69. The highest BCUT2D eigenvalue weighted by atomic mass is 16.5. The van der Waals surface area contributed by atoms with E-state index in [1.807, 2.05) is 13.0 Å². The number of carbonyl (C=O) groups excluding carboxylic acids is 1. The van der Waals surface area contributed by atoms with Gasteiger partial charge in [-0.15, -0.1) is 10.2 Å². The predicted octanol–water partition coefficient (Wildman–Crippen LogP) is 1.74. The summed E-state index contributed by atoms with van der Waals surface area (Å²) >= 11 is 0. The normalized spacial score (nSPS) is 10.8.